The summed E-state index contributed by atoms with van der Waals surface area (Å²) < 4.78 is 10.2. The van der Waals surface area contributed by atoms with Crippen molar-refractivity contribution in [1.29, 1.82) is 0 Å². The van der Waals surface area contributed by atoms with E-state index in [1.165, 1.54) is 7.11 Å². The lowest BCUT2D eigenvalue weighted by Crippen LogP contribution is -2.20. The Morgan fingerprint density at radius 1 is 1.15 bits per heavy atom. The van der Waals surface area contributed by atoms with Crippen LogP contribution in [0.3, 0.4) is 0 Å². The Bertz CT molecular complexity index is 1030. The fourth-order valence-corrected chi connectivity index (χ4v) is 3.00. The van der Waals surface area contributed by atoms with E-state index in [1.54, 1.807) is 30.3 Å². The van der Waals surface area contributed by atoms with E-state index in [-0.39, 0.29) is 0 Å². The smallest absolute Gasteiger partial charge is 0.338 e. The lowest BCUT2D eigenvalue weighted by molar-refractivity contribution is -0.119. The second kappa shape index (κ2) is 7.72. The average molecular weight is 387 g/mol. The topological polar surface area (TPSA) is 80.4 Å². The Kier molecular flexibility index (Phi) is 5.37. The van der Waals surface area contributed by atoms with Crippen LogP contribution in [-0.2, 0) is 9.53 Å². The summed E-state index contributed by atoms with van der Waals surface area (Å²) in [7, 11) is 1.51. The number of halogens is 1. The van der Waals surface area contributed by atoms with Crippen molar-refractivity contribution in [3.8, 4) is 5.75 Å². The van der Waals surface area contributed by atoms with Gasteiger partial charge in [-0.25, -0.2) is 4.79 Å². The van der Waals surface area contributed by atoms with Gasteiger partial charge >= 0.3 is 5.97 Å². The van der Waals surface area contributed by atoms with Crippen molar-refractivity contribution in [2.24, 2.45) is 0 Å². The molecule has 3 aromatic rings. The van der Waals surface area contributed by atoms with Crippen LogP contribution in [0.15, 0.2) is 36.4 Å². The molecule has 3 rings (SSSR count). The normalized spacial score (nSPS) is 10.7. The van der Waals surface area contributed by atoms with Gasteiger partial charge in [-0.2, -0.15) is 0 Å². The molecule has 7 heteroatoms. The number of anilines is 1. The summed E-state index contributed by atoms with van der Waals surface area (Å²) >= 11 is 6.02. The van der Waals surface area contributed by atoms with Crippen LogP contribution in [0.25, 0.3) is 10.9 Å². The number of benzene rings is 2. The molecular weight excluding hydrogens is 368 g/mol. The number of methoxy groups -OCH3 is 1. The number of hydrogen-bond donors (Lipinski definition) is 2. The molecule has 1 heterocycles. The molecule has 0 aliphatic rings. The van der Waals surface area contributed by atoms with Gasteiger partial charge in [0.25, 0.3) is 5.91 Å². The van der Waals surface area contributed by atoms with Crippen molar-refractivity contribution >= 4 is 40.1 Å². The van der Waals surface area contributed by atoms with Crippen LogP contribution >= 0.6 is 11.6 Å². The second-order valence-electron chi connectivity index (χ2n) is 6.11. The standard InChI is InChI=1S/C20H19ClN2O4/c1-11-12(2)22-17-6-4-13(8-15(11)17)20(25)27-10-19(24)23-14-5-7-18(26-3)16(21)9-14/h4-9,22H,10H2,1-3H3,(H,23,24). The van der Waals surface area contributed by atoms with Gasteiger partial charge in [-0.3, -0.25) is 4.79 Å². The number of rotatable bonds is 5. The van der Waals surface area contributed by atoms with Crippen molar-refractivity contribution in [2.45, 2.75) is 13.8 Å². The van der Waals surface area contributed by atoms with Crippen molar-refractivity contribution in [1.82, 2.24) is 4.98 Å². The third-order valence-electron chi connectivity index (χ3n) is 4.31. The van der Waals surface area contributed by atoms with Gasteiger partial charge in [0, 0.05) is 22.3 Å². The number of carbonyl (C=O) groups excluding carboxylic acids is 2. The Morgan fingerprint density at radius 2 is 1.93 bits per heavy atom. The molecule has 0 radical (unpaired) electrons. The van der Waals surface area contributed by atoms with E-state index in [2.05, 4.69) is 10.3 Å². The summed E-state index contributed by atoms with van der Waals surface area (Å²) in [5, 5.41) is 3.95. The molecule has 0 aliphatic heterocycles. The predicted octanol–water partition coefficient (Wildman–Crippen LogP) is 4.24. The van der Waals surface area contributed by atoms with E-state index in [4.69, 9.17) is 21.1 Å². The van der Waals surface area contributed by atoms with Crippen LogP contribution in [0.4, 0.5) is 5.69 Å². The van der Waals surface area contributed by atoms with Crippen LogP contribution in [0.1, 0.15) is 21.6 Å². The Morgan fingerprint density at radius 3 is 2.63 bits per heavy atom. The van der Waals surface area contributed by atoms with Crippen LogP contribution < -0.4 is 10.1 Å². The number of fused-ring (bicyclic) bond motifs is 1. The molecule has 0 saturated heterocycles. The molecule has 0 bridgehead atoms. The second-order valence-corrected chi connectivity index (χ2v) is 6.52. The molecule has 0 fully saturated rings. The highest BCUT2D eigenvalue weighted by molar-refractivity contribution is 6.32. The molecule has 1 amide bonds. The van der Waals surface area contributed by atoms with E-state index in [0.29, 0.717) is 22.0 Å². The van der Waals surface area contributed by atoms with Crippen LogP contribution in [0.2, 0.25) is 5.02 Å². The van der Waals surface area contributed by atoms with Crippen molar-refractivity contribution in [2.75, 3.05) is 19.0 Å². The molecule has 0 aliphatic carbocycles. The maximum atomic E-state index is 12.3. The summed E-state index contributed by atoms with van der Waals surface area (Å²) in [6.07, 6.45) is 0. The van der Waals surface area contributed by atoms with E-state index < -0.39 is 18.5 Å². The molecule has 0 atom stereocenters. The number of hydrogen-bond acceptors (Lipinski definition) is 4. The van der Waals surface area contributed by atoms with Gasteiger partial charge in [-0.1, -0.05) is 11.6 Å². The van der Waals surface area contributed by atoms with Gasteiger partial charge in [-0.15, -0.1) is 0 Å². The summed E-state index contributed by atoms with van der Waals surface area (Å²) in [5.41, 5.74) is 3.96. The number of amides is 1. The van der Waals surface area contributed by atoms with Gasteiger partial charge in [-0.05, 0) is 55.8 Å². The van der Waals surface area contributed by atoms with Crippen molar-refractivity contribution in [3.05, 3.63) is 58.2 Å². The van der Waals surface area contributed by atoms with Gasteiger partial charge < -0.3 is 19.8 Å². The number of H-pyrrole nitrogens is 1. The molecule has 0 saturated carbocycles. The highest BCUT2D eigenvalue weighted by Crippen LogP contribution is 2.27. The van der Waals surface area contributed by atoms with Gasteiger partial charge in [0.2, 0.25) is 0 Å². The van der Waals surface area contributed by atoms with E-state index in [0.717, 1.165) is 22.2 Å². The molecule has 6 nitrogen and oxygen atoms in total. The first kappa shape index (κ1) is 18.8. The lowest BCUT2D eigenvalue weighted by Gasteiger charge is -2.09. The monoisotopic (exact) mass is 386 g/mol. The van der Waals surface area contributed by atoms with E-state index in [1.807, 2.05) is 19.9 Å². The quantitative estimate of drug-likeness (QED) is 0.642. The van der Waals surface area contributed by atoms with Crippen LogP contribution in [-0.4, -0.2) is 30.6 Å². The first-order chi connectivity index (χ1) is 12.9. The zero-order chi connectivity index (χ0) is 19.6. The van der Waals surface area contributed by atoms with Crippen molar-refractivity contribution in [3.63, 3.8) is 0 Å². The average Bonchev–Trinajstić information content (AvgIpc) is 2.93. The summed E-state index contributed by atoms with van der Waals surface area (Å²) in [6, 6.07) is 10.1. The van der Waals surface area contributed by atoms with Crippen LogP contribution in [0, 0.1) is 13.8 Å². The number of nitrogens with one attached hydrogen (secondary N) is 2. The maximum Gasteiger partial charge on any atom is 0.338 e. The minimum atomic E-state index is -0.557. The predicted molar refractivity (Wildman–Crippen MR) is 105 cm³/mol. The molecule has 1 aromatic heterocycles. The third kappa shape index (κ3) is 4.06. The molecule has 2 N–H and O–H groups in total. The van der Waals surface area contributed by atoms with E-state index >= 15 is 0 Å². The SMILES string of the molecule is COc1ccc(NC(=O)COC(=O)c2ccc3[nH]c(C)c(C)c3c2)cc1Cl. The fraction of sp³-hybridized carbons (Fsp3) is 0.200. The molecule has 140 valence electrons. The Balaban J connectivity index is 1.62. The Labute approximate surface area is 161 Å². The first-order valence-electron chi connectivity index (χ1n) is 8.28. The largest absolute Gasteiger partial charge is 0.495 e. The zero-order valence-electron chi connectivity index (χ0n) is 15.2. The highest BCUT2D eigenvalue weighted by atomic mass is 35.5. The molecule has 0 unspecified atom stereocenters. The Hall–Kier alpha value is -2.99. The number of aromatic amines is 1. The third-order valence-corrected chi connectivity index (χ3v) is 4.61. The molecular formula is C20H19ClN2O4. The minimum absolute atomic E-state index is 0.373. The molecule has 0 spiro atoms. The fourth-order valence-electron chi connectivity index (χ4n) is 2.74. The van der Waals surface area contributed by atoms with Gasteiger partial charge in [0.15, 0.2) is 6.61 Å². The van der Waals surface area contributed by atoms with E-state index in [9.17, 15) is 9.59 Å². The number of aromatic nitrogens is 1. The van der Waals surface area contributed by atoms with Gasteiger partial charge in [0.1, 0.15) is 5.75 Å². The number of ether oxygens (including phenoxy) is 2. The zero-order valence-corrected chi connectivity index (χ0v) is 15.9. The lowest BCUT2D eigenvalue weighted by atomic mass is 10.1. The number of carbonyl (C=O) groups is 2. The summed E-state index contributed by atoms with van der Waals surface area (Å²) in [4.78, 5) is 27.5. The maximum absolute atomic E-state index is 12.3. The van der Waals surface area contributed by atoms with Crippen LogP contribution in [0.5, 0.6) is 5.75 Å². The molecule has 27 heavy (non-hydrogen) atoms. The highest BCUT2D eigenvalue weighted by Gasteiger charge is 2.13. The van der Waals surface area contributed by atoms with Gasteiger partial charge in [0.05, 0.1) is 17.7 Å². The number of esters is 1. The molecule has 2 aromatic carbocycles. The minimum Gasteiger partial charge on any atom is -0.495 e. The van der Waals surface area contributed by atoms with Crippen molar-refractivity contribution < 1.29 is 19.1 Å². The first-order valence-corrected chi connectivity index (χ1v) is 8.66. The summed E-state index contributed by atoms with van der Waals surface area (Å²) in [5.74, 6) is -0.510. The number of aryl methyl sites for hydroxylation is 2. The summed E-state index contributed by atoms with van der Waals surface area (Å²) in [6.45, 7) is 3.56.